The van der Waals surface area contributed by atoms with Gasteiger partial charge in [-0.3, -0.25) is 15.1 Å². The zero-order valence-corrected chi connectivity index (χ0v) is 18.9. The van der Waals surface area contributed by atoms with Gasteiger partial charge in [0.15, 0.2) is 5.11 Å². The van der Waals surface area contributed by atoms with Crippen LogP contribution in [0.1, 0.15) is 23.5 Å². The minimum absolute atomic E-state index is 0.0169. The van der Waals surface area contributed by atoms with E-state index in [2.05, 4.69) is 10.3 Å². The Morgan fingerprint density at radius 2 is 1.82 bits per heavy atom. The number of benzene rings is 2. The van der Waals surface area contributed by atoms with Crippen LogP contribution >= 0.6 is 12.2 Å². The number of para-hydroxylation sites is 1. The van der Waals surface area contributed by atoms with Gasteiger partial charge in [-0.1, -0.05) is 18.2 Å². The van der Waals surface area contributed by atoms with Crippen molar-refractivity contribution in [3.63, 3.8) is 0 Å². The number of pyridine rings is 1. The summed E-state index contributed by atoms with van der Waals surface area (Å²) in [6.07, 6.45) is 1.73. The lowest BCUT2D eigenvalue weighted by atomic mass is 10.0. The molecule has 2 aromatic heterocycles. The van der Waals surface area contributed by atoms with Crippen molar-refractivity contribution in [1.82, 2.24) is 10.3 Å². The summed E-state index contributed by atoms with van der Waals surface area (Å²) >= 11 is 5.72. The minimum atomic E-state index is -0.413. The van der Waals surface area contributed by atoms with E-state index in [1.54, 1.807) is 37.6 Å². The quantitative estimate of drug-likeness (QED) is 0.225. The second-order valence-corrected chi connectivity index (χ2v) is 8.06. The van der Waals surface area contributed by atoms with Crippen molar-refractivity contribution < 1.29 is 14.1 Å². The number of hydrogen-bond acceptors (Lipinski definition) is 6. The topological polar surface area (TPSA) is 93.7 Å². The molecule has 1 fully saturated rings. The molecule has 1 N–H and O–H groups in total. The molecule has 34 heavy (non-hydrogen) atoms. The van der Waals surface area contributed by atoms with E-state index in [-0.39, 0.29) is 17.8 Å². The highest BCUT2D eigenvalue weighted by Crippen LogP contribution is 2.43. The maximum Gasteiger partial charge on any atom is 0.280 e. The first-order chi connectivity index (χ1) is 16.6. The normalized spacial score (nSPS) is 17.4. The lowest BCUT2D eigenvalue weighted by Gasteiger charge is -2.26. The summed E-state index contributed by atoms with van der Waals surface area (Å²) in [5, 5.41) is 15.4. The summed E-state index contributed by atoms with van der Waals surface area (Å²) in [6, 6.07) is 22.7. The van der Waals surface area contributed by atoms with Crippen molar-refractivity contribution in [3.05, 3.63) is 107 Å². The number of ether oxygens (including phenoxy) is 1. The second kappa shape index (κ2) is 8.95. The third kappa shape index (κ3) is 3.86. The first-order valence-corrected chi connectivity index (χ1v) is 11.0. The van der Waals surface area contributed by atoms with Crippen LogP contribution in [0.4, 0.5) is 11.4 Å². The maximum atomic E-state index is 11.5. The smallest absolute Gasteiger partial charge is 0.280 e. The fourth-order valence-electron chi connectivity index (χ4n) is 4.16. The van der Waals surface area contributed by atoms with Gasteiger partial charge >= 0.3 is 0 Å². The first-order valence-electron chi connectivity index (χ1n) is 10.5. The average Bonchev–Trinajstić information content (AvgIpc) is 3.49. The number of methoxy groups -OCH3 is 1. The van der Waals surface area contributed by atoms with E-state index in [0.29, 0.717) is 22.2 Å². The van der Waals surface area contributed by atoms with Crippen molar-refractivity contribution in [2.75, 3.05) is 12.0 Å². The summed E-state index contributed by atoms with van der Waals surface area (Å²) in [4.78, 5) is 17.6. The molecule has 2 unspecified atom stereocenters. The largest absolute Gasteiger partial charge is 0.497 e. The van der Waals surface area contributed by atoms with Crippen molar-refractivity contribution in [2.24, 2.45) is 0 Å². The van der Waals surface area contributed by atoms with E-state index in [9.17, 15) is 10.1 Å². The fourth-order valence-corrected chi connectivity index (χ4v) is 4.51. The lowest BCUT2D eigenvalue weighted by molar-refractivity contribution is -0.384. The highest BCUT2D eigenvalue weighted by atomic mass is 32.1. The van der Waals surface area contributed by atoms with Gasteiger partial charge < -0.3 is 19.4 Å². The molecule has 4 aromatic rings. The molecule has 1 saturated heterocycles. The Kier molecular flexibility index (Phi) is 5.69. The van der Waals surface area contributed by atoms with Crippen LogP contribution in [0.3, 0.4) is 0 Å². The predicted octanol–water partition coefficient (Wildman–Crippen LogP) is 5.44. The van der Waals surface area contributed by atoms with Crippen molar-refractivity contribution >= 4 is 28.7 Å². The first kappa shape index (κ1) is 21.6. The Morgan fingerprint density at radius 1 is 1.06 bits per heavy atom. The van der Waals surface area contributed by atoms with Crippen LogP contribution in [-0.4, -0.2) is 22.1 Å². The minimum Gasteiger partial charge on any atom is -0.497 e. The van der Waals surface area contributed by atoms with Gasteiger partial charge in [0.05, 0.1) is 29.3 Å². The molecular weight excluding hydrogens is 452 g/mol. The number of nitro benzene ring substituents is 1. The fraction of sp³-hybridized carbons (Fsp3) is 0.120. The highest BCUT2D eigenvalue weighted by Gasteiger charge is 2.42. The van der Waals surface area contributed by atoms with Crippen LogP contribution in [0.15, 0.2) is 89.5 Å². The third-order valence-corrected chi connectivity index (χ3v) is 6.05. The Morgan fingerprint density at radius 3 is 2.53 bits per heavy atom. The van der Waals surface area contributed by atoms with Gasteiger partial charge in [-0.15, -0.1) is 0 Å². The van der Waals surface area contributed by atoms with E-state index in [0.717, 1.165) is 17.1 Å². The van der Waals surface area contributed by atoms with Crippen LogP contribution in [0.2, 0.25) is 0 Å². The standard InChI is InChI=1S/C25H20N4O4S/c1-32-17-11-9-16(10-12-17)28-24(23(27-25(28)34)19-7-4-5-15-26-19)22-14-13-21(33-22)18-6-2-3-8-20(18)29(30)31/h2-15,23-24H,1H3,(H,27,34). The lowest BCUT2D eigenvalue weighted by Crippen LogP contribution is -2.29. The molecule has 3 heterocycles. The number of nitro groups is 1. The molecule has 0 spiro atoms. The number of nitrogens with one attached hydrogen (secondary N) is 1. The molecule has 2 aromatic carbocycles. The molecule has 1 aliphatic heterocycles. The van der Waals surface area contributed by atoms with Gasteiger partial charge in [0.2, 0.25) is 0 Å². The molecule has 8 nitrogen and oxygen atoms in total. The predicted molar refractivity (Wildman–Crippen MR) is 132 cm³/mol. The van der Waals surface area contributed by atoms with Crippen LogP contribution < -0.4 is 15.0 Å². The maximum absolute atomic E-state index is 11.5. The van der Waals surface area contributed by atoms with Crippen LogP contribution in [0.25, 0.3) is 11.3 Å². The van der Waals surface area contributed by atoms with Crippen LogP contribution in [-0.2, 0) is 0 Å². The number of rotatable bonds is 6. The SMILES string of the molecule is COc1ccc(N2C(=S)NC(c3ccccn3)C2c2ccc(-c3ccccc3[N+](=O)[O-])o2)cc1. The molecule has 0 amide bonds. The van der Waals surface area contributed by atoms with E-state index < -0.39 is 4.92 Å². The third-order valence-electron chi connectivity index (χ3n) is 5.73. The van der Waals surface area contributed by atoms with Crippen molar-refractivity contribution in [2.45, 2.75) is 12.1 Å². The van der Waals surface area contributed by atoms with Gasteiger partial charge in [0, 0.05) is 18.0 Å². The molecule has 170 valence electrons. The van der Waals surface area contributed by atoms with Crippen molar-refractivity contribution in [1.29, 1.82) is 0 Å². The van der Waals surface area contributed by atoms with E-state index in [4.69, 9.17) is 21.4 Å². The molecule has 0 bridgehead atoms. The number of thiocarbonyl (C=S) groups is 1. The van der Waals surface area contributed by atoms with E-state index in [1.807, 2.05) is 53.4 Å². The Hall–Kier alpha value is -4.24. The molecule has 9 heteroatoms. The van der Waals surface area contributed by atoms with Crippen LogP contribution in [0.5, 0.6) is 5.75 Å². The van der Waals surface area contributed by atoms with Crippen LogP contribution in [0, 0.1) is 10.1 Å². The summed E-state index contributed by atoms with van der Waals surface area (Å²) < 4.78 is 11.5. The molecular formula is C25H20N4O4S. The molecule has 0 aliphatic carbocycles. The van der Waals surface area contributed by atoms with Gasteiger partial charge in [0.25, 0.3) is 5.69 Å². The van der Waals surface area contributed by atoms with Crippen molar-refractivity contribution in [3.8, 4) is 17.1 Å². The highest BCUT2D eigenvalue weighted by molar-refractivity contribution is 7.80. The second-order valence-electron chi connectivity index (χ2n) is 7.67. The molecule has 5 rings (SSSR count). The Balaban J connectivity index is 1.60. The number of anilines is 1. The van der Waals surface area contributed by atoms with Gasteiger partial charge in [0.1, 0.15) is 23.3 Å². The van der Waals surface area contributed by atoms with Gasteiger partial charge in [-0.2, -0.15) is 0 Å². The molecule has 2 atom stereocenters. The Labute approximate surface area is 201 Å². The summed E-state index contributed by atoms with van der Waals surface area (Å²) in [6.45, 7) is 0. The van der Waals surface area contributed by atoms with E-state index in [1.165, 1.54) is 6.07 Å². The summed E-state index contributed by atoms with van der Waals surface area (Å²) in [5.74, 6) is 1.75. The number of aromatic nitrogens is 1. The zero-order chi connectivity index (χ0) is 23.7. The average molecular weight is 473 g/mol. The van der Waals surface area contributed by atoms with Gasteiger partial charge in [-0.05, 0) is 66.8 Å². The number of furan rings is 1. The zero-order valence-electron chi connectivity index (χ0n) is 18.1. The van der Waals surface area contributed by atoms with Gasteiger partial charge in [-0.25, -0.2) is 0 Å². The summed E-state index contributed by atoms with van der Waals surface area (Å²) in [5.41, 5.74) is 2.05. The Bertz CT molecular complexity index is 1340. The number of nitrogens with zero attached hydrogens (tertiary/aromatic N) is 3. The summed E-state index contributed by atoms with van der Waals surface area (Å²) in [7, 11) is 1.62. The monoisotopic (exact) mass is 472 g/mol. The molecule has 0 saturated carbocycles. The molecule has 1 aliphatic rings. The number of hydrogen-bond donors (Lipinski definition) is 1. The van der Waals surface area contributed by atoms with E-state index >= 15 is 0 Å². The molecule has 0 radical (unpaired) electrons.